The van der Waals surface area contributed by atoms with Gasteiger partial charge in [0.2, 0.25) is 0 Å². The molecule has 0 aliphatic carbocycles. The smallest absolute Gasteiger partial charge is 0.260 e. The lowest BCUT2D eigenvalue weighted by Gasteiger charge is -2.11. The van der Waals surface area contributed by atoms with Crippen LogP contribution in [0.25, 0.3) is 0 Å². The molecule has 0 saturated carbocycles. The highest BCUT2D eigenvalue weighted by Crippen LogP contribution is 2.23. The van der Waals surface area contributed by atoms with Gasteiger partial charge in [-0.2, -0.15) is 5.10 Å². The standard InChI is InChI=1S/C13H14ClN3O3/c1-19-6-7-20-11-3-2-9(14)8-10(11)13(18)16-12-4-5-15-17-12/h2-5,8H,6-7H2,1H3,(H2,15,16,17,18). The van der Waals surface area contributed by atoms with Crippen LogP contribution in [0.15, 0.2) is 30.5 Å². The molecule has 1 aromatic carbocycles. The Morgan fingerprint density at radius 1 is 1.40 bits per heavy atom. The molecule has 106 valence electrons. The number of aromatic amines is 1. The van der Waals surface area contributed by atoms with E-state index in [9.17, 15) is 4.79 Å². The number of anilines is 1. The van der Waals surface area contributed by atoms with E-state index < -0.39 is 0 Å². The van der Waals surface area contributed by atoms with Crippen molar-refractivity contribution >= 4 is 23.3 Å². The van der Waals surface area contributed by atoms with Gasteiger partial charge in [0.1, 0.15) is 18.2 Å². The van der Waals surface area contributed by atoms with Crippen LogP contribution < -0.4 is 10.1 Å². The Kier molecular flexibility index (Phi) is 4.97. The van der Waals surface area contributed by atoms with E-state index in [1.54, 1.807) is 37.6 Å². The molecular weight excluding hydrogens is 282 g/mol. The second kappa shape index (κ2) is 6.93. The van der Waals surface area contributed by atoms with Crippen molar-refractivity contribution in [3.63, 3.8) is 0 Å². The summed E-state index contributed by atoms with van der Waals surface area (Å²) in [5, 5.41) is 9.53. The van der Waals surface area contributed by atoms with E-state index in [1.165, 1.54) is 0 Å². The number of rotatable bonds is 6. The lowest BCUT2D eigenvalue weighted by Crippen LogP contribution is -2.15. The van der Waals surface area contributed by atoms with Crippen molar-refractivity contribution < 1.29 is 14.3 Å². The molecule has 0 radical (unpaired) electrons. The Balaban J connectivity index is 2.15. The predicted octanol–water partition coefficient (Wildman–Crippen LogP) is 2.34. The van der Waals surface area contributed by atoms with Crippen LogP contribution in [0, 0.1) is 0 Å². The fourth-order valence-electron chi connectivity index (χ4n) is 1.56. The third-order valence-electron chi connectivity index (χ3n) is 2.48. The Bertz CT molecular complexity index is 572. The van der Waals surface area contributed by atoms with Gasteiger partial charge in [-0.05, 0) is 18.2 Å². The van der Waals surface area contributed by atoms with E-state index in [1.807, 2.05) is 0 Å². The number of carbonyl (C=O) groups excluding carboxylic acids is 1. The minimum Gasteiger partial charge on any atom is -0.490 e. The van der Waals surface area contributed by atoms with Crippen LogP contribution in [0.2, 0.25) is 5.02 Å². The number of halogens is 1. The number of carbonyl (C=O) groups is 1. The summed E-state index contributed by atoms with van der Waals surface area (Å²) < 4.78 is 10.4. The van der Waals surface area contributed by atoms with Gasteiger partial charge in [-0.25, -0.2) is 0 Å². The second-order valence-corrected chi connectivity index (χ2v) is 4.34. The highest BCUT2D eigenvalue weighted by atomic mass is 35.5. The molecule has 2 aromatic rings. The van der Waals surface area contributed by atoms with E-state index in [2.05, 4.69) is 15.5 Å². The summed E-state index contributed by atoms with van der Waals surface area (Å²) in [7, 11) is 1.58. The number of ether oxygens (including phenoxy) is 2. The zero-order chi connectivity index (χ0) is 14.4. The van der Waals surface area contributed by atoms with E-state index in [0.717, 1.165) is 0 Å². The first-order valence-corrected chi connectivity index (χ1v) is 6.30. The van der Waals surface area contributed by atoms with Crippen molar-refractivity contribution in [1.29, 1.82) is 0 Å². The SMILES string of the molecule is COCCOc1ccc(Cl)cc1C(=O)Nc1ccn[nH]1. The largest absolute Gasteiger partial charge is 0.490 e. The first-order chi connectivity index (χ1) is 9.70. The fraction of sp³-hybridized carbons (Fsp3) is 0.231. The van der Waals surface area contributed by atoms with E-state index >= 15 is 0 Å². The molecule has 7 heteroatoms. The zero-order valence-electron chi connectivity index (χ0n) is 10.9. The number of benzene rings is 1. The van der Waals surface area contributed by atoms with Gasteiger partial charge in [-0.3, -0.25) is 9.89 Å². The molecule has 0 saturated heterocycles. The molecular formula is C13H14ClN3O3. The predicted molar refractivity (Wildman–Crippen MR) is 75.4 cm³/mol. The van der Waals surface area contributed by atoms with Crippen molar-refractivity contribution in [2.75, 3.05) is 25.6 Å². The van der Waals surface area contributed by atoms with Crippen LogP contribution in [0.1, 0.15) is 10.4 Å². The van der Waals surface area contributed by atoms with Gasteiger partial charge in [-0.1, -0.05) is 11.6 Å². The number of nitrogens with zero attached hydrogens (tertiary/aromatic N) is 1. The Morgan fingerprint density at radius 3 is 2.95 bits per heavy atom. The molecule has 20 heavy (non-hydrogen) atoms. The summed E-state index contributed by atoms with van der Waals surface area (Å²) in [4.78, 5) is 12.2. The molecule has 0 bridgehead atoms. The molecule has 0 atom stereocenters. The molecule has 6 nitrogen and oxygen atoms in total. The quantitative estimate of drug-likeness (QED) is 0.802. The number of amides is 1. The van der Waals surface area contributed by atoms with Crippen LogP contribution in [0.5, 0.6) is 5.75 Å². The average Bonchev–Trinajstić information content (AvgIpc) is 2.93. The maximum absolute atomic E-state index is 12.2. The highest BCUT2D eigenvalue weighted by molar-refractivity contribution is 6.31. The van der Waals surface area contributed by atoms with E-state index in [0.29, 0.717) is 35.4 Å². The molecule has 0 unspecified atom stereocenters. The first kappa shape index (κ1) is 14.4. The summed E-state index contributed by atoms with van der Waals surface area (Å²) in [5.41, 5.74) is 0.350. The van der Waals surface area contributed by atoms with Gasteiger partial charge in [-0.15, -0.1) is 0 Å². The minimum atomic E-state index is -0.329. The third-order valence-corrected chi connectivity index (χ3v) is 2.72. The summed E-state index contributed by atoms with van der Waals surface area (Å²) >= 11 is 5.92. The highest BCUT2D eigenvalue weighted by Gasteiger charge is 2.14. The number of methoxy groups -OCH3 is 1. The van der Waals surface area contributed by atoms with Gasteiger partial charge >= 0.3 is 0 Å². The zero-order valence-corrected chi connectivity index (χ0v) is 11.6. The van der Waals surface area contributed by atoms with Crippen molar-refractivity contribution in [2.45, 2.75) is 0 Å². The van der Waals surface area contributed by atoms with E-state index in [-0.39, 0.29) is 5.91 Å². The number of nitrogens with one attached hydrogen (secondary N) is 2. The number of hydrogen-bond acceptors (Lipinski definition) is 4. The molecule has 1 amide bonds. The molecule has 0 aliphatic rings. The third kappa shape index (κ3) is 3.72. The summed E-state index contributed by atoms with van der Waals surface area (Å²) in [6, 6.07) is 6.51. The molecule has 2 rings (SSSR count). The molecule has 2 N–H and O–H groups in total. The van der Waals surface area contributed by atoms with Gasteiger partial charge < -0.3 is 14.8 Å². The minimum absolute atomic E-state index is 0.329. The van der Waals surface area contributed by atoms with Crippen LogP contribution in [-0.4, -0.2) is 36.4 Å². The number of H-pyrrole nitrogens is 1. The monoisotopic (exact) mass is 295 g/mol. The van der Waals surface area contributed by atoms with Crippen molar-refractivity contribution in [2.24, 2.45) is 0 Å². The van der Waals surface area contributed by atoms with Crippen LogP contribution in [-0.2, 0) is 4.74 Å². The van der Waals surface area contributed by atoms with Crippen molar-refractivity contribution in [3.05, 3.63) is 41.0 Å². The fourth-order valence-corrected chi connectivity index (χ4v) is 1.73. The normalized spacial score (nSPS) is 10.3. The van der Waals surface area contributed by atoms with Gasteiger partial charge in [0.15, 0.2) is 0 Å². The van der Waals surface area contributed by atoms with Gasteiger partial charge in [0.25, 0.3) is 5.91 Å². The Labute approximate surface area is 121 Å². The summed E-state index contributed by atoms with van der Waals surface area (Å²) in [6.45, 7) is 0.784. The Hall–Kier alpha value is -2.05. The van der Waals surface area contributed by atoms with Gasteiger partial charge in [0, 0.05) is 18.2 Å². The summed E-state index contributed by atoms with van der Waals surface area (Å²) in [6.07, 6.45) is 1.55. The molecule has 0 fully saturated rings. The lowest BCUT2D eigenvalue weighted by atomic mass is 10.2. The maximum Gasteiger partial charge on any atom is 0.260 e. The molecule has 0 aliphatic heterocycles. The van der Waals surface area contributed by atoms with Crippen molar-refractivity contribution in [1.82, 2.24) is 10.2 Å². The van der Waals surface area contributed by atoms with Gasteiger partial charge in [0.05, 0.1) is 18.4 Å². The summed E-state index contributed by atoms with van der Waals surface area (Å²) in [5.74, 6) is 0.616. The number of aromatic nitrogens is 2. The van der Waals surface area contributed by atoms with Crippen LogP contribution in [0.3, 0.4) is 0 Å². The van der Waals surface area contributed by atoms with Crippen LogP contribution in [0.4, 0.5) is 5.82 Å². The average molecular weight is 296 g/mol. The lowest BCUT2D eigenvalue weighted by molar-refractivity contribution is 0.101. The van der Waals surface area contributed by atoms with E-state index in [4.69, 9.17) is 21.1 Å². The molecule has 0 spiro atoms. The van der Waals surface area contributed by atoms with Crippen molar-refractivity contribution in [3.8, 4) is 5.75 Å². The second-order valence-electron chi connectivity index (χ2n) is 3.91. The molecule has 1 heterocycles. The Morgan fingerprint density at radius 2 is 2.25 bits per heavy atom. The topological polar surface area (TPSA) is 76.2 Å². The first-order valence-electron chi connectivity index (χ1n) is 5.92. The number of hydrogen-bond donors (Lipinski definition) is 2. The molecule has 1 aromatic heterocycles. The van der Waals surface area contributed by atoms with Crippen LogP contribution >= 0.6 is 11.6 Å². The maximum atomic E-state index is 12.2.